The van der Waals surface area contributed by atoms with E-state index >= 15 is 0 Å². The van der Waals surface area contributed by atoms with E-state index in [4.69, 9.17) is 18.0 Å². The second kappa shape index (κ2) is 6.77. The quantitative estimate of drug-likeness (QED) is 0.685. The molecule has 0 radical (unpaired) electrons. The Bertz CT molecular complexity index is 231. The number of nitrogens with two attached hydrogens (primary N) is 1. The molecule has 0 aromatic heterocycles. The summed E-state index contributed by atoms with van der Waals surface area (Å²) in [6.45, 7) is 8.07. The highest BCUT2D eigenvalue weighted by Gasteiger charge is 2.18. The minimum absolute atomic E-state index is 0.0710. The molecule has 3 N–H and O–H groups in total. The van der Waals surface area contributed by atoms with Crippen LogP contribution < -0.4 is 11.1 Å². The van der Waals surface area contributed by atoms with Crippen molar-refractivity contribution in [3.8, 4) is 0 Å². The number of nitrogens with one attached hydrogen (secondary N) is 1. The van der Waals surface area contributed by atoms with E-state index in [0.717, 1.165) is 12.8 Å². The van der Waals surface area contributed by atoms with E-state index in [1.165, 1.54) is 0 Å². The average molecular weight is 230 g/mol. The Morgan fingerprint density at radius 3 is 2.33 bits per heavy atom. The van der Waals surface area contributed by atoms with Crippen LogP contribution in [0, 0.1) is 11.8 Å². The van der Waals surface area contributed by atoms with Gasteiger partial charge in [-0.3, -0.25) is 4.79 Å². The SMILES string of the molecule is CCC(C)CC(C)NC(=O)C(C)C(N)=S. The van der Waals surface area contributed by atoms with Gasteiger partial charge >= 0.3 is 0 Å². The van der Waals surface area contributed by atoms with Crippen LogP contribution in [0.5, 0.6) is 0 Å². The van der Waals surface area contributed by atoms with Gasteiger partial charge in [0.05, 0.1) is 10.9 Å². The Balaban J connectivity index is 4.01. The van der Waals surface area contributed by atoms with Crippen LogP contribution in [-0.4, -0.2) is 16.9 Å². The van der Waals surface area contributed by atoms with Gasteiger partial charge in [-0.05, 0) is 26.2 Å². The minimum Gasteiger partial charge on any atom is -0.393 e. The Morgan fingerprint density at radius 1 is 1.40 bits per heavy atom. The maximum absolute atomic E-state index is 11.6. The summed E-state index contributed by atoms with van der Waals surface area (Å²) >= 11 is 4.77. The molecular weight excluding hydrogens is 208 g/mol. The van der Waals surface area contributed by atoms with Gasteiger partial charge in [-0.15, -0.1) is 0 Å². The monoisotopic (exact) mass is 230 g/mol. The third-order valence-corrected chi connectivity index (χ3v) is 3.02. The van der Waals surface area contributed by atoms with Gasteiger partial charge in [-0.2, -0.15) is 0 Å². The van der Waals surface area contributed by atoms with E-state index in [9.17, 15) is 4.79 Å². The maximum atomic E-state index is 11.6. The second-order valence-corrected chi connectivity index (χ2v) is 4.75. The van der Waals surface area contributed by atoms with Gasteiger partial charge in [0.15, 0.2) is 0 Å². The van der Waals surface area contributed by atoms with Crippen molar-refractivity contribution in [2.45, 2.75) is 46.6 Å². The highest BCUT2D eigenvalue weighted by molar-refractivity contribution is 7.80. The molecule has 3 nitrogen and oxygen atoms in total. The van der Waals surface area contributed by atoms with E-state index in [2.05, 4.69) is 19.2 Å². The fourth-order valence-electron chi connectivity index (χ4n) is 1.33. The van der Waals surface area contributed by atoms with E-state index in [0.29, 0.717) is 5.92 Å². The second-order valence-electron chi connectivity index (χ2n) is 4.28. The molecule has 4 heteroatoms. The maximum Gasteiger partial charge on any atom is 0.229 e. The summed E-state index contributed by atoms with van der Waals surface area (Å²) in [7, 11) is 0. The number of amides is 1. The van der Waals surface area contributed by atoms with Gasteiger partial charge in [-0.1, -0.05) is 32.5 Å². The van der Waals surface area contributed by atoms with Gasteiger partial charge in [0.1, 0.15) is 0 Å². The van der Waals surface area contributed by atoms with Crippen molar-refractivity contribution in [2.75, 3.05) is 0 Å². The zero-order chi connectivity index (χ0) is 12.0. The topological polar surface area (TPSA) is 55.1 Å². The zero-order valence-corrected chi connectivity index (χ0v) is 10.9. The molecule has 0 saturated carbocycles. The summed E-state index contributed by atoms with van der Waals surface area (Å²) < 4.78 is 0. The Kier molecular flexibility index (Phi) is 6.48. The molecule has 3 unspecified atom stereocenters. The molecule has 0 aromatic rings. The first-order valence-corrected chi connectivity index (χ1v) is 5.89. The highest BCUT2D eigenvalue weighted by Crippen LogP contribution is 2.09. The largest absolute Gasteiger partial charge is 0.393 e. The molecule has 0 aliphatic heterocycles. The lowest BCUT2D eigenvalue weighted by atomic mass is 10.00. The first kappa shape index (κ1) is 14.4. The van der Waals surface area contributed by atoms with Crippen LogP contribution in [0.15, 0.2) is 0 Å². The summed E-state index contributed by atoms with van der Waals surface area (Å²) in [6, 6.07) is 0.184. The normalized spacial score (nSPS) is 16.5. The molecule has 1 amide bonds. The third-order valence-electron chi connectivity index (χ3n) is 2.66. The van der Waals surface area contributed by atoms with Gasteiger partial charge < -0.3 is 11.1 Å². The van der Waals surface area contributed by atoms with Crippen molar-refractivity contribution < 1.29 is 4.79 Å². The van der Waals surface area contributed by atoms with Crippen molar-refractivity contribution in [1.82, 2.24) is 5.32 Å². The van der Waals surface area contributed by atoms with Crippen molar-refractivity contribution in [1.29, 1.82) is 0 Å². The van der Waals surface area contributed by atoms with Crippen molar-refractivity contribution >= 4 is 23.1 Å². The molecule has 15 heavy (non-hydrogen) atoms. The van der Waals surface area contributed by atoms with Gasteiger partial charge in [0.25, 0.3) is 0 Å². The van der Waals surface area contributed by atoms with E-state index in [1.54, 1.807) is 6.92 Å². The van der Waals surface area contributed by atoms with Gasteiger partial charge in [-0.25, -0.2) is 0 Å². The molecule has 0 aliphatic rings. The van der Waals surface area contributed by atoms with Gasteiger partial charge in [0.2, 0.25) is 5.91 Å². The van der Waals surface area contributed by atoms with E-state index < -0.39 is 0 Å². The average Bonchev–Trinajstić information content (AvgIpc) is 2.15. The fourth-order valence-corrected chi connectivity index (χ4v) is 1.43. The predicted octanol–water partition coefficient (Wildman–Crippen LogP) is 1.85. The molecule has 0 aromatic carbocycles. The summed E-state index contributed by atoms with van der Waals surface area (Å²) in [5.41, 5.74) is 5.41. The Labute approximate surface area is 97.8 Å². The Hall–Kier alpha value is -0.640. The van der Waals surface area contributed by atoms with Crippen LogP contribution in [0.2, 0.25) is 0 Å². The first-order chi connectivity index (χ1) is 6.88. The summed E-state index contributed by atoms with van der Waals surface area (Å²) in [5, 5.41) is 2.92. The van der Waals surface area contributed by atoms with Crippen molar-refractivity contribution in [3.05, 3.63) is 0 Å². The molecule has 0 spiro atoms. The van der Waals surface area contributed by atoms with Crippen LogP contribution in [0.3, 0.4) is 0 Å². The molecule has 0 fully saturated rings. The molecule has 0 rings (SSSR count). The number of hydrogen-bond acceptors (Lipinski definition) is 2. The number of carbonyl (C=O) groups excluding carboxylic acids is 1. The Morgan fingerprint density at radius 2 is 1.93 bits per heavy atom. The number of carbonyl (C=O) groups is 1. The standard InChI is InChI=1S/C11H22N2OS/c1-5-7(2)6-8(3)13-11(14)9(4)10(12)15/h7-9H,5-6H2,1-4H3,(H2,12,15)(H,13,14). The lowest BCUT2D eigenvalue weighted by Gasteiger charge is -2.19. The van der Waals surface area contributed by atoms with Crippen LogP contribution in [-0.2, 0) is 4.79 Å². The third kappa shape index (κ3) is 5.72. The van der Waals surface area contributed by atoms with Crippen molar-refractivity contribution in [3.63, 3.8) is 0 Å². The smallest absolute Gasteiger partial charge is 0.229 e. The highest BCUT2D eigenvalue weighted by atomic mass is 32.1. The molecule has 0 heterocycles. The van der Waals surface area contributed by atoms with E-state index in [-0.39, 0.29) is 22.9 Å². The van der Waals surface area contributed by atoms with E-state index in [1.807, 2.05) is 6.92 Å². The molecule has 0 bridgehead atoms. The minimum atomic E-state index is -0.376. The summed E-state index contributed by atoms with van der Waals surface area (Å²) in [5.74, 6) is 0.179. The lowest BCUT2D eigenvalue weighted by molar-refractivity contribution is -0.123. The summed E-state index contributed by atoms with van der Waals surface area (Å²) in [6.07, 6.45) is 2.12. The molecule has 0 saturated heterocycles. The van der Waals surface area contributed by atoms with Crippen LogP contribution in [0.1, 0.15) is 40.5 Å². The molecule has 3 atom stereocenters. The molecule has 0 aliphatic carbocycles. The molecular formula is C11H22N2OS. The zero-order valence-electron chi connectivity index (χ0n) is 10.0. The number of thiocarbonyl (C=S) groups is 1. The fraction of sp³-hybridized carbons (Fsp3) is 0.818. The summed E-state index contributed by atoms with van der Waals surface area (Å²) in [4.78, 5) is 11.8. The molecule has 88 valence electrons. The van der Waals surface area contributed by atoms with Crippen LogP contribution >= 0.6 is 12.2 Å². The first-order valence-electron chi connectivity index (χ1n) is 5.48. The van der Waals surface area contributed by atoms with Crippen molar-refractivity contribution in [2.24, 2.45) is 17.6 Å². The van der Waals surface area contributed by atoms with Crippen LogP contribution in [0.25, 0.3) is 0 Å². The van der Waals surface area contributed by atoms with Crippen LogP contribution in [0.4, 0.5) is 0 Å². The lowest BCUT2D eigenvalue weighted by Crippen LogP contribution is -2.41. The number of rotatable bonds is 6. The van der Waals surface area contributed by atoms with Gasteiger partial charge in [0, 0.05) is 6.04 Å². The predicted molar refractivity (Wildman–Crippen MR) is 67.6 cm³/mol. The number of hydrogen-bond donors (Lipinski definition) is 2.